The molecule has 1 atom stereocenters. The van der Waals surface area contributed by atoms with Crippen molar-refractivity contribution in [1.29, 1.82) is 5.26 Å². The highest BCUT2D eigenvalue weighted by Gasteiger charge is 2.23. The lowest BCUT2D eigenvalue weighted by molar-refractivity contribution is 0.408. The summed E-state index contributed by atoms with van der Waals surface area (Å²) in [4.78, 5) is 1.25. The highest BCUT2D eigenvalue weighted by Crippen LogP contribution is 2.21. The summed E-state index contributed by atoms with van der Waals surface area (Å²) < 4.78 is 5.08. The maximum Gasteiger partial charge on any atom is 0.100 e. The lowest BCUT2D eigenvalue weighted by Gasteiger charge is -1.86. The summed E-state index contributed by atoms with van der Waals surface area (Å²) >= 11 is 1.64. The Hall–Kier alpha value is -0.850. The quantitative estimate of drug-likeness (QED) is 0.623. The minimum Gasteiger partial charge on any atom is -0.373 e. The van der Waals surface area contributed by atoms with E-state index in [4.69, 9.17) is 10.00 Å². The normalized spacial score (nSPS) is 21.2. The molecule has 0 saturated carbocycles. The number of nitriles is 1. The number of hydrogen-bond donors (Lipinski definition) is 0. The van der Waals surface area contributed by atoms with Gasteiger partial charge in [0, 0.05) is 16.7 Å². The standard InChI is InChI=1S/C8H7NOS/c9-3-6-1-8(11-5-6)2-7-4-10-7/h1,5,7H,2,4H2. The molecule has 2 nitrogen and oxygen atoms in total. The number of thiophene rings is 1. The molecule has 0 N–H and O–H groups in total. The first-order chi connectivity index (χ1) is 5.38. The van der Waals surface area contributed by atoms with Crippen LogP contribution >= 0.6 is 11.3 Å². The summed E-state index contributed by atoms with van der Waals surface area (Å²) in [6.45, 7) is 0.889. The molecule has 2 heterocycles. The predicted octanol–water partition coefficient (Wildman–Crippen LogP) is 1.56. The molecular weight excluding hydrogens is 158 g/mol. The number of nitrogens with zero attached hydrogens (tertiary/aromatic N) is 1. The third-order valence-electron chi connectivity index (χ3n) is 1.61. The zero-order valence-corrected chi connectivity index (χ0v) is 6.73. The Labute approximate surface area is 69.0 Å². The van der Waals surface area contributed by atoms with Crippen LogP contribution in [0.3, 0.4) is 0 Å². The van der Waals surface area contributed by atoms with E-state index in [-0.39, 0.29) is 0 Å². The Morgan fingerprint density at radius 1 is 1.82 bits per heavy atom. The minimum atomic E-state index is 0.431. The maximum atomic E-state index is 8.53. The maximum absolute atomic E-state index is 8.53. The first-order valence-corrected chi connectivity index (χ1v) is 4.35. The second-order valence-electron chi connectivity index (χ2n) is 2.57. The van der Waals surface area contributed by atoms with Crippen molar-refractivity contribution < 1.29 is 4.74 Å². The molecule has 0 radical (unpaired) electrons. The van der Waals surface area contributed by atoms with Crippen molar-refractivity contribution in [1.82, 2.24) is 0 Å². The molecule has 1 aromatic rings. The Morgan fingerprint density at radius 2 is 2.64 bits per heavy atom. The fraction of sp³-hybridized carbons (Fsp3) is 0.375. The summed E-state index contributed by atoms with van der Waals surface area (Å²) in [5, 5.41) is 10.4. The summed E-state index contributed by atoms with van der Waals surface area (Å²) in [7, 11) is 0. The Balaban J connectivity index is 2.07. The second kappa shape index (κ2) is 2.65. The Morgan fingerprint density at radius 3 is 3.18 bits per heavy atom. The highest BCUT2D eigenvalue weighted by molar-refractivity contribution is 7.10. The summed E-state index contributed by atoms with van der Waals surface area (Å²) in [5.41, 5.74) is 0.769. The second-order valence-corrected chi connectivity index (χ2v) is 3.57. The van der Waals surface area contributed by atoms with Crippen molar-refractivity contribution in [3.8, 4) is 6.07 Å². The van der Waals surface area contributed by atoms with Gasteiger partial charge in [-0.3, -0.25) is 0 Å². The molecule has 1 aliphatic heterocycles. The average Bonchev–Trinajstić information content (AvgIpc) is 2.68. The van der Waals surface area contributed by atoms with Gasteiger partial charge in [0.2, 0.25) is 0 Å². The fourth-order valence-corrected chi connectivity index (χ4v) is 1.83. The van der Waals surface area contributed by atoms with E-state index in [1.54, 1.807) is 11.3 Å². The van der Waals surface area contributed by atoms with E-state index in [0.717, 1.165) is 18.6 Å². The smallest absolute Gasteiger partial charge is 0.100 e. The molecule has 1 unspecified atom stereocenters. The van der Waals surface area contributed by atoms with Gasteiger partial charge in [-0.25, -0.2) is 0 Å². The Bertz CT molecular complexity index is 295. The van der Waals surface area contributed by atoms with Crippen molar-refractivity contribution in [2.75, 3.05) is 6.61 Å². The third-order valence-corrected chi connectivity index (χ3v) is 2.57. The van der Waals surface area contributed by atoms with Gasteiger partial charge in [0.15, 0.2) is 0 Å². The lowest BCUT2D eigenvalue weighted by Crippen LogP contribution is -1.87. The molecule has 11 heavy (non-hydrogen) atoms. The van der Waals surface area contributed by atoms with Gasteiger partial charge in [0.05, 0.1) is 18.3 Å². The number of ether oxygens (including phenoxy) is 1. The van der Waals surface area contributed by atoms with Crippen LogP contribution in [0, 0.1) is 11.3 Å². The minimum absolute atomic E-state index is 0.431. The monoisotopic (exact) mass is 165 g/mol. The van der Waals surface area contributed by atoms with E-state index >= 15 is 0 Å². The number of rotatable bonds is 2. The molecule has 1 saturated heterocycles. The molecular formula is C8H7NOS. The zero-order chi connectivity index (χ0) is 7.68. The van der Waals surface area contributed by atoms with Crippen LogP contribution in [0.1, 0.15) is 10.4 Å². The van der Waals surface area contributed by atoms with E-state index in [1.807, 2.05) is 11.4 Å². The lowest BCUT2D eigenvalue weighted by atomic mass is 10.2. The zero-order valence-electron chi connectivity index (χ0n) is 5.91. The first kappa shape index (κ1) is 6.84. The molecule has 1 fully saturated rings. The molecule has 1 aliphatic rings. The van der Waals surface area contributed by atoms with Gasteiger partial charge >= 0.3 is 0 Å². The van der Waals surface area contributed by atoms with Crippen LogP contribution in [0.25, 0.3) is 0 Å². The van der Waals surface area contributed by atoms with Crippen molar-refractivity contribution in [2.24, 2.45) is 0 Å². The van der Waals surface area contributed by atoms with Crippen LogP contribution in [-0.2, 0) is 11.2 Å². The largest absolute Gasteiger partial charge is 0.373 e. The van der Waals surface area contributed by atoms with E-state index in [1.165, 1.54) is 4.88 Å². The SMILES string of the molecule is N#Cc1csc(CC2CO2)c1. The van der Waals surface area contributed by atoms with E-state index in [2.05, 4.69) is 6.07 Å². The molecule has 0 amide bonds. The van der Waals surface area contributed by atoms with Crippen LogP contribution in [0.4, 0.5) is 0 Å². The van der Waals surface area contributed by atoms with E-state index in [9.17, 15) is 0 Å². The van der Waals surface area contributed by atoms with Crippen molar-refractivity contribution in [3.63, 3.8) is 0 Å². The molecule has 0 bridgehead atoms. The highest BCUT2D eigenvalue weighted by atomic mass is 32.1. The average molecular weight is 165 g/mol. The summed E-state index contributed by atoms with van der Waals surface area (Å²) in [5.74, 6) is 0. The fourth-order valence-electron chi connectivity index (χ4n) is 0.957. The van der Waals surface area contributed by atoms with Gasteiger partial charge in [-0.15, -0.1) is 11.3 Å². The van der Waals surface area contributed by atoms with Gasteiger partial charge in [-0.2, -0.15) is 5.26 Å². The molecule has 1 aromatic heterocycles. The summed E-state index contributed by atoms with van der Waals surface area (Å²) in [6.07, 6.45) is 1.41. The van der Waals surface area contributed by atoms with Crippen LogP contribution < -0.4 is 0 Å². The molecule has 0 spiro atoms. The van der Waals surface area contributed by atoms with Gasteiger partial charge in [-0.1, -0.05) is 0 Å². The van der Waals surface area contributed by atoms with Gasteiger partial charge in [0.1, 0.15) is 6.07 Å². The van der Waals surface area contributed by atoms with E-state index in [0.29, 0.717) is 6.10 Å². The molecule has 3 heteroatoms. The van der Waals surface area contributed by atoms with Crippen LogP contribution in [0.15, 0.2) is 11.4 Å². The van der Waals surface area contributed by atoms with Crippen LogP contribution in [0.2, 0.25) is 0 Å². The van der Waals surface area contributed by atoms with Crippen molar-refractivity contribution in [3.05, 3.63) is 21.9 Å². The first-order valence-electron chi connectivity index (χ1n) is 3.47. The van der Waals surface area contributed by atoms with Gasteiger partial charge in [-0.05, 0) is 6.07 Å². The van der Waals surface area contributed by atoms with Gasteiger partial charge in [0.25, 0.3) is 0 Å². The Kier molecular flexibility index (Phi) is 1.65. The molecule has 56 valence electrons. The van der Waals surface area contributed by atoms with Crippen LogP contribution in [-0.4, -0.2) is 12.7 Å². The van der Waals surface area contributed by atoms with E-state index < -0.39 is 0 Å². The number of hydrogen-bond acceptors (Lipinski definition) is 3. The number of epoxide rings is 1. The molecule has 0 aliphatic carbocycles. The molecule has 0 aromatic carbocycles. The van der Waals surface area contributed by atoms with Crippen molar-refractivity contribution in [2.45, 2.75) is 12.5 Å². The van der Waals surface area contributed by atoms with Gasteiger partial charge < -0.3 is 4.74 Å². The summed E-state index contributed by atoms with van der Waals surface area (Å²) in [6, 6.07) is 4.05. The molecule has 2 rings (SSSR count). The topological polar surface area (TPSA) is 36.3 Å². The predicted molar refractivity (Wildman–Crippen MR) is 42.5 cm³/mol. The third kappa shape index (κ3) is 1.59. The van der Waals surface area contributed by atoms with Crippen molar-refractivity contribution >= 4 is 11.3 Å². The van der Waals surface area contributed by atoms with Crippen LogP contribution in [0.5, 0.6) is 0 Å².